The maximum Gasteiger partial charge on any atom is 0.128 e. The fraction of sp³-hybridized carbons (Fsp3) is 0.538. The van der Waals surface area contributed by atoms with Crippen LogP contribution in [0.4, 0.5) is 8.78 Å². The van der Waals surface area contributed by atoms with Gasteiger partial charge in [-0.15, -0.1) is 0 Å². The second-order valence-electron chi connectivity index (χ2n) is 5.62. The molecule has 3 heteroatoms. The first-order valence-electron chi connectivity index (χ1n) is 5.57. The third kappa shape index (κ3) is 1.96. The molecular formula is C13H17F2N. The van der Waals surface area contributed by atoms with Crippen molar-refractivity contribution >= 4 is 0 Å². The Morgan fingerprint density at radius 3 is 2.44 bits per heavy atom. The van der Waals surface area contributed by atoms with Crippen LogP contribution in [0, 0.1) is 17.0 Å². The van der Waals surface area contributed by atoms with Gasteiger partial charge in [0.1, 0.15) is 11.6 Å². The van der Waals surface area contributed by atoms with E-state index in [2.05, 4.69) is 13.8 Å². The van der Waals surface area contributed by atoms with Gasteiger partial charge in [-0.2, -0.15) is 0 Å². The van der Waals surface area contributed by atoms with Gasteiger partial charge in [0.2, 0.25) is 0 Å². The number of hydrogen-bond donors (Lipinski definition) is 1. The van der Waals surface area contributed by atoms with Crippen LogP contribution in [-0.4, -0.2) is 0 Å². The van der Waals surface area contributed by atoms with Crippen molar-refractivity contribution in [2.45, 2.75) is 38.6 Å². The Morgan fingerprint density at radius 2 is 1.88 bits per heavy atom. The Labute approximate surface area is 94.7 Å². The molecule has 1 atom stereocenters. The molecule has 1 fully saturated rings. The zero-order valence-corrected chi connectivity index (χ0v) is 9.69. The molecule has 16 heavy (non-hydrogen) atoms. The molecule has 1 aromatic rings. The van der Waals surface area contributed by atoms with E-state index in [-0.39, 0.29) is 5.41 Å². The summed E-state index contributed by atoms with van der Waals surface area (Å²) in [5, 5.41) is 0. The molecule has 0 radical (unpaired) electrons. The summed E-state index contributed by atoms with van der Waals surface area (Å²) in [4.78, 5) is 0. The van der Waals surface area contributed by atoms with Crippen LogP contribution in [0.1, 0.15) is 38.7 Å². The molecule has 2 N–H and O–H groups in total. The van der Waals surface area contributed by atoms with Gasteiger partial charge < -0.3 is 5.73 Å². The number of halogens is 2. The molecule has 1 nitrogen and oxygen atoms in total. The van der Waals surface area contributed by atoms with Crippen LogP contribution in [0.5, 0.6) is 0 Å². The van der Waals surface area contributed by atoms with Crippen LogP contribution in [0.3, 0.4) is 0 Å². The lowest BCUT2D eigenvalue weighted by molar-refractivity contribution is 0.333. The first-order valence-corrected chi connectivity index (χ1v) is 5.57. The van der Waals surface area contributed by atoms with Gasteiger partial charge in [0.25, 0.3) is 0 Å². The molecule has 1 aromatic carbocycles. The molecule has 2 rings (SSSR count). The molecule has 1 saturated carbocycles. The third-order valence-electron chi connectivity index (χ3n) is 3.51. The van der Waals surface area contributed by atoms with Gasteiger partial charge in [-0.1, -0.05) is 13.8 Å². The maximum atomic E-state index is 13.7. The van der Waals surface area contributed by atoms with Crippen molar-refractivity contribution < 1.29 is 8.78 Å². The van der Waals surface area contributed by atoms with Crippen LogP contribution < -0.4 is 5.73 Å². The molecule has 0 bridgehead atoms. The summed E-state index contributed by atoms with van der Waals surface area (Å²) in [6.07, 6.45) is 2.35. The van der Waals surface area contributed by atoms with Gasteiger partial charge in [-0.25, -0.2) is 8.78 Å². The summed E-state index contributed by atoms with van der Waals surface area (Å²) < 4.78 is 26.8. The highest BCUT2D eigenvalue weighted by molar-refractivity contribution is 5.28. The fourth-order valence-electron chi connectivity index (χ4n) is 2.70. The fourth-order valence-corrected chi connectivity index (χ4v) is 2.70. The molecule has 0 aliphatic heterocycles. The van der Waals surface area contributed by atoms with Crippen molar-refractivity contribution in [2.75, 3.05) is 0 Å². The average Bonchev–Trinajstić information content (AvgIpc) is 2.46. The predicted molar refractivity (Wildman–Crippen MR) is 59.9 cm³/mol. The van der Waals surface area contributed by atoms with Crippen molar-refractivity contribution in [3.05, 3.63) is 35.4 Å². The highest BCUT2D eigenvalue weighted by Gasteiger charge is 2.42. The van der Waals surface area contributed by atoms with Gasteiger partial charge in [-0.3, -0.25) is 0 Å². The summed E-state index contributed by atoms with van der Waals surface area (Å²) in [6.45, 7) is 4.22. The van der Waals surface area contributed by atoms with Crippen molar-refractivity contribution in [1.82, 2.24) is 0 Å². The number of hydrogen-bond acceptors (Lipinski definition) is 1. The highest BCUT2D eigenvalue weighted by atomic mass is 19.1. The molecule has 1 aliphatic rings. The second kappa shape index (κ2) is 3.52. The van der Waals surface area contributed by atoms with Crippen molar-refractivity contribution in [3.63, 3.8) is 0 Å². The summed E-state index contributed by atoms with van der Waals surface area (Å²) in [5.74, 6) is -0.826. The van der Waals surface area contributed by atoms with Gasteiger partial charge in [0.15, 0.2) is 0 Å². The quantitative estimate of drug-likeness (QED) is 0.779. The lowest BCUT2D eigenvalue weighted by atomic mass is 9.84. The van der Waals surface area contributed by atoms with Gasteiger partial charge in [0, 0.05) is 11.1 Å². The average molecular weight is 225 g/mol. The monoisotopic (exact) mass is 225 g/mol. The van der Waals surface area contributed by atoms with E-state index in [1.165, 1.54) is 6.07 Å². The van der Waals surface area contributed by atoms with E-state index >= 15 is 0 Å². The minimum absolute atomic E-state index is 0.105. The second-order valence-corrected chi connectivity index (χ2v) is 5.62. The Kier molecular flexibility index (Phi) is 2.54. The Bertz CT molecular complexity index is 414. The first kappa shape index (κ1) is 11.5. The van der Waals surface area contributed by atoms with E-state index in [0.29, 0.717) is 18.4 Å². The van der Waals surface area contributed by atoms with Crippen molar-refractivity contribution in [1.29, 1.82) is 0 Å². The van der Waals surface area contributed by atoms with Crippen LogP contribution in [0.2, 0.25) is 0 Å². The molecule has 0 saturated heterocycles. The lowest BCUT2D eigenvalue weighted by Gasteiger charge is -2.27. The molecule has 0 amide bonds. The van der Waals surface area contributed by atoms with E-state index in [4.69, 9.17) is 5.73 Å². The van der Waals surface area contributed by atoms with Crippen LogP contribution in [-0.2, 0) is 5.54 Å². The SMILES string of the molecule is CC1(C)CCC(N)(c2cc(F)ccc2F)C1. The summed E-state index contributed by atoms with van der Waals surface area (Å²) in [5.41, 5.74) is 5.93. The molecule has 0 aromatic heterocycles. The standard InChI is InChI=1S/C13H17F2N/c1-12(2)5-6-13(16,8-12)10-7-9(14)3-4-11(10)15/h3-4,7H,5-6,8,16H2,1-2H3. The van der Waals surface area contributed by atoms with E-state index in [1.54, 1.807) is 0 Å². The summed E-state index contributed by atoms with van der Waals surface area (Å²) >= 11 is 0. The molecule has 1 unspecified atom stereocenters. The molecular weight excluding hydrogens is 208 g/mol. The lowest BCUT2D eigenvalue weighted by Crippen LogP contribution is -2.35. The van der Waals surface area contributed by atoms with Crippen molar-refractivity contribution in [3.8, 4) is 0 Å². The van der Waals surface area contributed by atoms with E-state index in [9.17, 15) is 8.78 Å². The third-order valence-corrected chi connectivity index (χ3v) is 3.51. The Balaban J connectivity index is 2.41. The van der Waals surface area contributed by atoms with Crippen molar-refractivity contribution in [2.24, 2.45) is 11.1 Å². The number of nitrogens with two attached hydrogens (primary N) is 1. The smallest absolute Gasteiger partial charge is 0.128 e. The highest BCUT2D eigenvalue weighted by Crippen LogP contribution is 2.47. The van der Waals surface area contributed by atoms with Crippen LogP contribution in [0.25, 0.3) is 0 Å². The minimum atomic E-state index is -0.713. The summed E-state index contributed by atoms with van der Waals surface area (Å²) in [7, 11) is 0. The van der Waals surface area contributed by atoms with Crippen LogP contribution in [0.15, 0.2) is 18.2 Å². The van der Waals surface area contributed by atoms with Gasteiger partial charge in [0.05, 0.1) is 0 Å². The van der Waals surface area contributed by atoms with Gasteiger partial charge in [-0.05, 0) is 42.9 Å². The minimum Gasteiger partial charge on any atom is -0.321 e. The zero-order valence-electron chi connectivity index (χ0n) is 9.69. The van der Waals surface area contributed by atoms with Gasteiger partial charge >= 0.3 is 0 Å². The number of benzene rings is 1. The molecule has 0 spiro atoms. The molecule has 88 valence electrons. The molecule has 0 heterocycles. The Hall–Kier alpha value is -0.960. The zero-order chi connectivity index (χ0) is 12.0. The number of rotatable bonds is 1. The van der Waals surface area contributed by atoms with E-state index in [1.807, 2.05) is 0 Å². The Morgan fingerprint density at radius 1 is 1.19 bits per heavy atom. The molecule has 1 aliphatic carbocycles. The largest absolute Gasteiger partial charge is 0.321 e. The first-order chi connectivity index (χ1) is 7.32. The van der Waals surface area contributed by atoms with E-state index in [0.717, 1.165) is 18.6 Å². The van der Waals surface area contributed by atoms with Crippen LogP contribution >= 0.6 is 0 Å². The van der Waals surface area contributed by atoms with E-state index < -0.39 is 17.2 Å². The maximum absolute atomic E-state index is 13.7. The topological polar surface area (TPSA) is 26.0 Å². The normalized spacial score (nSPS) is 28.3. The summed E-state index contributed by atoms with van der Waals surface area (Å²) in [6, 6.07) is 3.52. The predicted octanol–water partition coefficient (Wildman–Crippen LogP) is 3.33.